The van der Waals surface area contributed by atoms with Crippen LogP contribution in [0.3, 0.4) is 0 Å². The summed E-state index contributed by atoms with van der Waals surface area (Å²) in [6, 6.07) is 2.75. The van der Waals surface area contributed by atoms with Gasteiger partial charge in [0.05, 0.1) is 14.2 Å². The SMILES string of the molecule is CC.COC(=O)c1cc(OC)cc(=O)n1C. The standard InChI is InChI=1S/C9H11NO4.C2H6/c1-10-7(9(12)14-3)4-6(13-2)5-8(10)11;1-2/h4-5H,1-3H3;1-2H3. The first kappa shape index (κ1) is 14.2. The van der Waals surface area contributed by atoms with Crippen molar-refractivity contribution in [3.63, 3.8) is 0 Å². The lowest BCUT2D eigenvalue weighted by atomic mass is 10.3. The summed E-state index contributed by atoms with van der Waals surface area (Å²) >= 11 is 0. The Kier molecular flexibility index (Phi) is 5.92. The van der Waals surface area contributed by atoms with Crippen molar-refractivity contribution in [1.82, 2.24) is 4.57 Å². The van der Waals surface area contributed by atoms with E-state index in [2.05, 4.69) is 4.74 Å². The molecule has 1 heterocycles. The Morgan fingerprint density at radius 3 is 2.25 bits per heavy atom. The highest BCUT2D eigenvalue weighted by Crippen LogP contribution is 2.09. The van der Waals surface area contributed by atoms with Gasteiger partial charge in [-0.25, -0.2) is 4.79 Å². The minimum Gasteiger partial charge on any atom is -0.496 e. The molecule has 0 saturated heterocycles. The minimum atomic E-state index is -0.566. The third-order valence-corrected chi connectivity index (χ3v) is 1.87. The minimum absolute atomic E-state index is 0.164. The molecule has 0 saturated carbocycles. The lowest BCUT2D eigenvalue weighted by Crippen LogP contribution is -2.23. The molecular weight excluding hydrogens is 210 g/mol. The number of carbonyl (C=O) groups is 1. The van der Waals surface area contributed by atoms with Crippen LogP contribution >= 0.6 is 0 Å². The molecule has 0 aliphatic rings. The van der Waals surface area contributed by atoms with Gasteiger partial charge in [0.15, 0.2) is 0 Å². The monoisotopic (exact) mass is 227 g/mol. The van der Waals surface area contributed by atoms with Crippen molar-refractivity contribution in [3.8, 4) is 5.75 Å². The Morgan fingerprint density at radius 2 is 1.81 bits per heavy atom. The van der Waals surface area contributed by atoms with E-state index in [1.54, 1.807) is 0 Å². The van der Waals surface area contributed by atoms with Gasteiger partial charge in [-0.15, -0.1) is 0 Å². The van der Waals surface area contributed by atoms with E-state index in [9.17, 15) is 9.59 Å². The zero-order valence-corrected chi connectivity index (χ0v) is 10.2. The Labute approximate surface area is 94.6 Å². The van der Waals surface area contributed by atoms with Crippen molar-refractivity contribution in [3.05, 3.63) is 28.2 Å². The number of esters is 1. The van der Waals surface area contributed by atoms with Crippen molar-refractivity contribution in [2.45, 2.75) is 13.8 Å². The summed E-state index contributed by atoms with van der Waals surface area (Å²) in [5.74, 6) is -0.225. The van der Waals surface area contributed by atoms with Crippen molar-refractivity contribution in [2.75, 3.05) is 14.2 Å². The summed E-state index contributed by atoms with van der Waals surface area (Å²) in [5, 5.41) is 0. The van der Waals surface area contributed by atoms with Crippen LogP contribution < -0.4 is 10.3 Å². The summed E-state index contributed by atoms with van der Waals surface area (Å²) in [6.07, 6.45) is 0. The molecule has 5 nitrogen and oxygen atoms in total. The molecule has 1 aromatic heterocycles. The highest BCUT2D eigenvalue weighted by molar-refractivity contribution is 5.87. The zero-order chi connectivity index (χ0) is 12.7. The van der Waals surface area contributed by atoms with Crippen LogP contribution in [-0.2, 0) is 11.8 Å². The van der Waals surface area contributed by atoms with E-state index in [0.29, 0.717) is 5.75 Å². The number of carbonyl (C=O) groups excluding carboxylic acids is 1. The Morgan fingerprint density at radius 1 is 1.25 bits per heavy atom. The number of ether oxygens (including phenoxy) is 2. The van der Waals surface area contributed by atoms with E-state index in [1.807, 2.05) is 13.8 Å². The largest absolute Gasteiger partial charge is 0.496 e. The van der Waals surface area contributed by atoms with Gasteiger partial charge in [-0.3, -0.25) is 4.79 Å². The molecule has 16 heavy (non-hydrogen) atoms. The maximum absolute atomic E-state index is 11.3. The number of hydrogen-bond donors (Lipinski definition) is 0. The van der Waals surface area contributed by atoms with Crippen molar-refractivity contribution >= 4 is 5.97 Å². The number of rotatable bonds is 2. The average Bonchev–Trinajstić information content (AvgIpc) is 2.34. The van der Waals surface area contributed by atoms with Crippen molar-refractivity contribution in [2.24, 2.45) is 7.05 Å². The van der Waals surface area contributed by atoms with Crippen LogP contribution in [0.5, 0.6) is 5.75 Å². The predicted octanol–water partition coefficient (Wildman–Crippen LogP) is 1.21. The van der Waals surface area contributed by atoms with Gasteiger partial charge in [0.25, 0.3) is 5.56 Å². The van der Waals surface area contributed by atoms with Crippen LogP contribution in [0.25, 0.3) is 0 Å². The summed E-state index contributed by atoms with van der Waals surface area (Å²) in [4.78, 5) is 22.5. The average molecular weight is 227 g/mol. The molecule has 0 aliphatic carbocycles. The molecule has 0 bridgehead atoms. The van der Waals surface area contributed by atoms with Crippen molar-refractivity contribution in [1.29, 1.82) is 0 Å². The number of hydrogen-bond acceptors (Lipinski definition) is 4. The third kappa shape index (κ3) is 3.12. The van der Waals surface area contributed by atoms with Gasteiger partial charge in [-0.05, 0) is 0 Å². The first-order valence-electron chi connectivity index (χ1n) is 4.93. The van der Waals surface area contributed by atoms with E-state index in [4.69, 9.17) is 4.74 Å². The molecule has 0 atom stereocenters. The van der Waals surface area contributed by atoms with E-state index >= 15 is 0 Å². The Hall–Kier alpha value is -1.78. The fourth-order valence-electron chi connectivity index (χ4n) is 1.03. The lowest BCUT2D eigenvalue weighted by Gasteiger charge is -2.07. The van der Waals surface area contributed by atoms with Crippen LogP contribution in [0, 0.1) is 0 Å². The zero-order valence-electron chi connectivity index (χ0n) is 10.2. The highest BCUT2D eigenvalue weighted by Gasteiger charge is 2.12. The fourth-order valence-corrected chi connectivity index (χ4v) is 1.03. The number of nitrogens with zero attached hydrogens (tertiary/aromatic N) is 1. The van der Waals surface area contributed by atoms with E-state index < -0.39 is 5.97 Å². The van der Waals surface area contributed by atoms with Gasteiger partial charge in [0.2, 0.25) is 0 Å². The lowest BCUT2D eigenvalue weighted by molar-refractivity contribution is 0.0587. The Balaban J connectivity index is 0.00000106. The van der Waals surface area contributed by atoms with Gasteiger partial charge in [0, 0.05) is 19.2 Å². The molecule has 1 aromatic rings. The second kappa shape index (κ2) is 6.66. The summed E-state index contributed by atoms with van der Waals surface area (Å²) in [7, 11) is 4.18. The quantitative estimate of drug-likeness (QED) is 0.712. The third-order valence-electron chi connectivity index (χ3n) is 1.87. The molecular formula is C11H17NO4. The second-order valence-corrected chi connectivity index (χ2v) is 2.67. The first-order valence-corrected chi connectivity index (χ1v) is 4.93. The van der Waals surface area contributed by atoms with E-state index in [0.717, 1.165) is 0 Å². The molecule has 0 aliphatic heterocycles. The molecule has 90 valence electrons. The second-order valence-electron chi connectivity index (χ2n) is 2.67. The molecule has 0 aromatic carbocycles. The van der Waals surface area contributed by atoms with E-state index in [-0.39, 0.29) is 11.3 Å². The van der Waals surface area contributed by atoms with Gasteiger partial charge < -0.3 is 14.0 Å². The summed E-state index contributed by atoms with van der Waals surface area (Å²) in [5.41, 5.74) is -0.151. The molecule has 0 fully saturated rings. The maximum atomic E-state index is 11.3. The van der Waals surface area contributed by atoms with E-state index in [1.165, 1.54) is 38.0 Å². The van der Waals surface area contributed by atoms with Crippen LogP contribution in [-0.4, -0.2) is 24.8 Å². The van der Waals surface area contributed by atoms with Crippen LogP contribution in [0.15, 0.2) is 16.9 Å². The molecule has 0 spiro atoms. The number of methoxy groups -OCH3 is 2. The molecule has 0 unspecified atom stereocenters. The topological polar surface area (TPSA) is 57.5 Å². The summed E-state index contributed by atoms with van der Waals surface area (Å²) in [6.45, 7) is 4.00. The van der Waals surface area contributed by atoms with Gasteiger partial charge in [-0.2, -0.15) is 0 Å². The van der Waals surface area contributed by atoms with Crippen LogP contribution in [0.4, 0.5) is 0 Å². The van der Waals surface area contributed by atoms with Gasteiger partial charge in [0.1, 0.15) is 11.4 Å². The molecule has 1 rings (SSSR count). The molecule has 0 radical (unpaired) electrons. The summed E-state index contributed by atoms with van der Waals surface area (Å²) < 4.78 is 10.6. The molecule has 5 heteroatoms. The number of pyridine rings is 1. The predicted molar refractivity (Wildman–Crippen MR) is 60.9 cm³/mol. The normalized spacial score (nSPS) is 8.81. The highest BCUT2D eigenvalue weighted by atomic mass is 16.5. The van der Waals surface area contributed by atoms with Gasteiger partial charge >= 0.3 is 5.97 Å². The van der Waals surface area contributed by atoms with Crippen molar-refractivity contribution < 1.29 is 14.3 Å². The Bertz CT molecular complexity index is 409. The molecule has 0 N–H and O–H groups in total. The first-order chi connectivity index (χ1) is 7.60. The smallest absolute Gasteiger partial charge is 0.354 e. The fraction of sp³-hybridized carbons (Fsp3) is 0.455. The van der Waals surface area contributed by atoms with Crippen LogP contribution in [0.1, 0.15) is 24.3 Å². The van der Waals surface area contributed by atoms with Gasteiger partial charge in [-0.1, -0.05) is 13.8 Å². The number of aromatic nitrogens is 1. The van der Waals surface area contributed by atoms with Crippen LogP contribution in [0.2, 0.25) is 0 Å². The maximum Gasteiger partial charge on any atom is 0.354 e. The molecule has 0 amide bonds.